The van der Waals surface area contributed by atoms with Crippen LogP contribution in [0.5, 0.6) is 0 Å². The second kappa shape index (κ2) is 7.23. The van der Waals surface area contributed by atoms with Gasteiger partial charge in [-0.3, -0.25) is 4.79 Å². The number of carbonyl (C=O) groups is 1. The summed E-state index contributed by atoms with van der Waals surface area (Å²) < 4.78 is 5.75. The molecule has 0 aromatic heterocycles. The maximum Gasteiger partial charge on any atom is 0.223 e. The van der Waals surface area contributed by atoms with Crippen LogP contribution in [0.15, 0.2) is 24.3 Å². The van der Waals surface area contributed by atoms with E-state index < -0.39 is 0 Å². The number of carbonyl (C=O) groups excluding carboxylic acids is 1. The molecule has 1 amide bonds. The number of benzene rings is 1. The second-order valence-electron chi connectivity index (χ2n) is 5.51. The van der Waals surface area contributed by atoms with Crippen molar-refractivity contribution in [1.82, 2.24) is 4.90 Å². The Morgan fingerprint density at radius 1 is 1.35 bits per heavy atom. The van der Waals surface area contributed by atoms with E-state index in [0.29, 0.717) is 19.5 Å². The SMILES string of the molecule is Cc1ccc(CCC(=O)N2CC(C)OC(CBr)C2)cc1. The molecule has 0 N–H and O–H groups in total. The minimum atomic E-state index is 0.113. The minimum absolute atomic E-state index is 0.113. The van der Waals surface area contributed by atoms with Crippen molar-refractivity contribution in [2.45, 2.75) is 38.9 Å². The van der Waals surface area contributed by atoms with Crippen LogP contribution in [0.1, 0.15) is 24.5 Å². The summed E-state index contributed by atoms with van der Waals surface area (Å²) in [4.78, 5) is 14.2. The van der Waals surface area contributed by atoms with Gasteiger partial charge in [0.2, 0.25) is 5.91 Å². The molecular formula is C16H22BrNO2. The molecule has 1 aromatic rings. The van der Waals surface area contributed by atoms with Gasteiger partial charge in [0.25, 0.3) is 0 Å². The van der Waals surface area contributed by atoms with E-state index >= 15 is 0 Å². The zero-order valence-electron chi connectivity index (χ0n) is 12.1. The highest BCUT2D eigenvalue weighted by Gasteiger charge is 2.27. The van der Waals surface area contributed by atoms with Gasteiger partial charge in [0, 0.05) is 24.8 Å². The Bertz CT molecular complexity index is 446. The lowest BCUT2D eigenvalue weighted by molar-refractivity contribution is -0.142. The Hall–Kier alpha value is -0.870. The van der Waals surface area contributed by atoms with Gasteiger partial charge in [-0.05, 0) is 25.8 Å². The lowest BCUT2D eigenvalue weighted by Crippen LogP contribution is -2.49. The van der Waals surface area contributed by atoms with Gasteiger partial charge in [-0.15, -0.1) is 0 Å². The van der Waals surface area contributed by atoms with E-state index in [1.807, 2.05) is 11.8 Å². The van der Waals surface area contributed by atoms with Crippen molar-refractivity contribution in [3.63, 3.8) is 0 Å². The van der Waals surface area contributed by atoms with Gasteiger partial charge in [0.15, 0.2) is 0 Å². The van der Waals surface area contributed by atoms with Crippen molar-refractivity contribution in [1.29, 1.82) is 0 Å². The van der Waals surface area contributed by atoms with E-state index in [-0.39, 0.29) is 18.1 Å². The van der Waals surface area contributed by atoms with Crippen molar-refractivity contribution >= 4 is 21.8 Å². The molecule has 1 aliphatic rings. The maximum atomic E-state index is 12.3. The van der Waals surface area contributed by atoms with E-state index in [1.54, 1.807) is 0 Å². The quantitative estimate of drug-likeness (QED) is 0.789. The number of aryl methyl sites for hydroxylation is 2. The third-order valence-corrected chi connectivity index (χ3v) is 4.32. The predicted octanol–water partition coefficient (Wildman–Crippen LogP) is 2.94. The van der Waals surface area contributed by atoms with E-state index in [1.165, 1.54) is 11.1 Å². The van der Waals surface area contributed by atoms with E-state index in [0.717, 1.165) is 11.8 Å². The van der Waals surface area contributed by atoms with Crippen LogP contribution in [0.2, 0.25) is 0 Å². The van der Waals surface area contributed by atoms with Crippen LogP contribution in [-0.4, -0.2) is 41.4 Å². The van der Waals surface area contributed by atoms with Gasteiger partial charge >= 0.3 is 0 Å². The molecule has 2 atom stereocenters. The Morgan fingerprint density at radius 3 is 2.70 bits per heavy atom. The van der Waals surface area contributed by atoms with Crippen molar-refractivity contribution < 1.29 is 9.53 Å². The number of ether oxygens (including phenoxy) is 1. The molecule has 4 heteroatoms. The van der Waals surface area contributed by atoms with Crippen molar-refractivity contribution in [3.05, 3.63) is 35.4 Å². The fraction of sp³-hybridized carbons (Fsp3) is 0.562. The second-order valence-corrected chi connectivity index (χ2v) is 6.15. The molecule has 1 heterocycles. The first-order valence-corrected chi connectivity index (χ1v) is 8.25. The van der Waals surface area contributed by atoms with Gasteiger partial charge in [0.1, 0.15) is 0 Å². The summed E-state index contributed by atoms with van der Waals surface area (Å²) in [5.41, 5.74) is 2.48. The average Bonchev–Trinajstić information content (AvgIpc) is 2.45. The van der Waals surface area contributed by atoms with Crippen molar-refractivity contribution in [3.8, 4) is 0 Å². The molecule has 1 fully saturated rings. The molecule has 110 valence electrons. The Labute approximate surface area is 129 Å². The van der Waals surface area contributed by atoms with Crippen LogP contribution < -0.4 is 0 Å². The molecular weight excluding hydrogens is 318 g/mol. The first-order valence-electron chi connectivity index (χ1n) is 7.13. The zero-order chi connectivity index (χ0) is 14.5. The van der Waals surface area contributed by atoms with Gasteiger partial charge in [0.05, 0.1) is 12.2 Å². The van der Waals surface area contributed by atoms with Gasteiger partial charge in [-0.2, -0.15) is 0 Å². The number of halogens is 1. The first kappa shape index (κ1) is 15.5. The molecule has 20 heavy (non-hydrogen) atoms. The molecule has 0 spiro atoms. The fourth-order valence-electron chi connectivity index (χ4n) is 2.50. The third-order valence-electron chi connectivity index (χ3n) is 3.60. The number of nitrogens with zero attached hydrogens (tertiary/aromatic N) is 1. The average molecular weight is 340 g/mol. The number of amides is 1. The highest BCUT2D eigenvalue weighted by Crippen LogP contribution is 2.15. The summed E-state index contributed by atoms with van der Waals surface area (Å²) in [5.74, 6) is 0.228. The number of hydrogen-bond donors (Lipinski definition) is 0. The highest BCUT2D eigenvalue weighted by molar-refractivity contribution is 9.09. The topological polar surface area (TPSA) is 29.5 Å². The van der Waals surface area contributed by atoms with Crippen LogP contribution in [0.3, 0.4) is 0 Å². The van der Waals surface area contributed by atoms with Crippen LogP contribution in [0.25, 0.3) is 0 Å². The van der Waals surface area contributed by atoms with Gasteiger partial charge < -0.3 is 9.64 Å². The standard InChI is InChI=1S/C16H22BrNO2/c1-12-3-5-14(6-4-12)7-8-16(19)18-10-13(2)20-15(9-17)11-18/h3-6,13,15H,7-11H2,1-2H3. The number of alkyl halides is 1. The molecule has 0 bridgehead atoms. The van der Waals surface area contributed by atoms with Gasteiger partial charge in [-0.25, -0.2) is 0 Å². The van der Waals surface area contributed by atoms with Crippen LogP contribution in [0, 0.1) is 6.92 Å². The Morgan fingerprint density at radius 2 is 2.05 bits per heavy atom. The summed E-state index contributed by atoms with van der Waals surface area (Å²) in [7, 11) is 0. The Kier molecular flexibility index (Phi) is 5.61. The Balaban J connectivity index is 1.86. The van der Waals surface area contributed by atoms with Crippen molar-refractivity contribution in [2.24, 2.45) is 0 Å². The molecule has 2 rings (SSSR count). The molecule has 0 saturated carbocycles. The lowest BCUT2D eigenvalue weighted by atomic mass is 10.1. The monoisotopic (exact) mass is 339 g/mol. The molecule has 2 unspecified atom stereocenters. The van der Waals surface area contributed by atoms with E-state index in [9.17, 15) is 4.79 Å². The maximum absolute atomic E-state index is 12.3. The summed E-state index contributed by atoms with van der Waals surface area (Å²) in [6, 6.07) is 8.40. The summed E-state index contributed by atoms with van der Waals surface area (Å²) >= 11 is 3.43. The fourth-order valence-corrected chi connectivity index (χ4v) is 2.86. The normalized spacial score (nSPS) is 22.9. The first-order chi connectivity index (χ1) is 9.58. The third kappa shape index (κ3) is 4.32. The predicted molar refractivity (Wildman–Crippen MR) is 84.2 cm³/mol. The molecule has 0 aliphatic carbocycles. The number of rotatable bonds is 4. The zero-order valence-corrected chi connectivity index (χ0v) is 13.7. The summed E-state index contributed by atoms with van der Waals surface area (Å²) in [6.45, 7) is 5.50. The van der Waals surface area contributed by atoms with Crippen LogP contribution in [-0.2, 0) is 16.0 Å². The van der Waals surface area contributed by atoms with Crippen molar-refractivity contribution in [2.75, 3.05) is 18.4 Å². The minimum Gasteiger partial charge on any atom is -0.371 e. The number of hydrogen-bond acceptors (Lipinski definition) is 2. The van der Waals surface area contributed by atoms with Gasteiger partial charge in [-0.1, -0.05) is 45.8 Å². The smallest absolute Gasteiger partial charge is 0.223 e. The molecule has 1 saturated heterocycles. The molecule has 0 radical (unpaired) electrons. The molecule has 1 aromatic carbocycles. The van der Waals surface area contributed by atoms with E-state index in [2.05, 4.69) is 47.1 Å². The van der Waals surface area contributed by atoms with E-state index in [4.69, 9.17) is 4.74 Å². The van der Waals surface area contributed by atoms with Crippen LogP contribution >= 0.6 is 15.9 Å². The molecule has 3 nitrogen and oxygen atoms in total. The summed E-state index contributed by atoms with van der Waals surface area (Å²) in [5, 5.41) is 0.777. The van der Waals surface area contributed by atoms with Crippen LogP contribution in [0.4, 0.5) is 0 Å². The number of morpholine rings is 1. The molecule has 1 aliphatic heterocycles. The highest BCUT2D eigenvalue weighted by atomic mass is 79.9. The summed E-state index contributed by atoms with van der Waals surface area (Å²) in [6.07, 6.45) is 1.62. The largest absolute Gasteiger partial charge is 0.371 e. The lowest BCUT2D eigenvalue weighted by Gasteiger charge is -2.36.